The summed E-state index contributed by atoms with van der Waals surface area (Å²) in [4.78, 5) is 30.3. The maximum absolute atomic E-state index is 13.1. The Morgan fingerprint density at radius 1 is 0.690 bits per heavy atom. The number of Topliss-reactive ketones (excluding diaryl/α,β-unsaturated/α-hetero) is 1. The van der Waals surface area contributed by atoms with E-state index in [1.807, 2.05) is 23.1 Å². The first-order chi connectivity index (χ1) is 14.2. The van der Waals surface area contributed by atoms with Crippen molar-refractivity contribution >= 4 is 17.4 Å². The molecule has 1 aliphatic carbocycles. The van der Waals surface area contributed by atoms with E-state index >= 15 is 0 Å². The molecule has 1 aromatic carbocycles. The first kappa shape index (κ1) is 19.3. The van der Waals surface area contributed by atoms with E-state index in [1.165, 1.54) is 57.8 Å². The topological polar surface area (TPSA) is 40.6 Å². The van der Waals surface area contributed by atoms with Crippen LogP contribution in [0.4, 0.5) is 5.69 Å². The lowest BCUT2D eigenvalue weighted by atomic mass is 9.89. The number of carbonyl (C=O) groups is 2. The van der Waals surface area contributed by atoms with E-state index in [2.05, 4.69) is 11.0 Å². The highest BCUT2D eigenvalue weighted by Gasteiger charge is 2.46. The molecule has 5 rings (SSSR count). The van der Waals surface area contributed by atoms with Gasteiger partial charge in [-0.2, -0.15) is 0 Å². The number of hydrogen-bond acceptors (Lipinski definition) is 3. The van der Waals surface area contributed by atoms with E-state index in [1.54, 1.807) is 0 Å². The van der Waals surface area contributed by atoms with Crippen molar-refractivity contribution < 1.29 is 9.59 Å². The number of anilines is 1. The largest absolute Gasteiger partial charge is 0.309 e. The van der Waals surface area contributed by atoms with E-state index < -0.39 is 0 Å². The summed E-state index contributed by atoms with van der Waals surface area (Å²) in [5, 5.41) is 0. The van der Waals surface area contributed by atoms with Gasteiger partial charge in [0.15, 0.2) is 0 Å². The third kappa shape index (κ3) is 3.76. The summed E-state index contributed by atoms with van der Waals surface area (Å²) in [6.07, 6.45) is 14.8. The number of rotatable bonds is 2. The van der Waals surface area contributed by atoms with E-state index in [0.29, 0.717) is 18.5 Å². The molecule has 3 heterocycles. The molecule has 3 fully saturated rings. The Morgan fingerprint density at radius 3 is 2.07 bits per heavy atom. The molecule has 4 aliphatic rings. The van der Waals surface area contributed by atoms with Crippen LogP contribution in [-0.2, 0) is 16.0 Å². The number of amides is 1. The van der Waals surface area contributed by atoms with Crippen molar-refractivity contribution in [2.24, 2.45) is 0 Å². The van der Waals surface area contributed by atoms with Crippen molar-refractivity contribution in [1.29, 1.82) is 0 Å². The third-order valence-corrected chi connectivity index (χ3v) is 7.88. The van der Waals surface area contributed by atoms with Crippen molar-refractivity contribution in [3.8, 4) is 0 Å². The molecular formula is C25H34N2O2. The van der Waals surface area contributed by atoms with Crippen molar-refractivity contribution in [3.63, 3.8) is 0 Å². The van der Waals surface area contributed by atoms with Crippen LogP contribution >= 0.6 is 0 Å². The van der Waals surface area contributed by atoms with Crippen LogP contribution in [0.25, 0.3) is 0 Å². The summed E-state index contributed by atoms with van der Waals surface area (Å²) in [7, 11) is 0. The van der Waals surface area contributed by atoms with Crippen LogP contribution in [0, 0.1) is 0 Å². The smallest absolute Gasteiger partial charge is 0.234 e. The Hall–Kier alpha value is -1.68. The number of benzene rings is 1. The highest BCUT2D eigenvalue weighted by Crippen LogP contribution is 2.43. The predicted molar refractivity (Wildman–Crippen MR) is 115 cm³/mol. The lowest BCUT2D eigenvalue weighted by molar-refractivity contribution is -0.126. The Labute approximate surface area is 174 Å². The second-order valence-electron chi connectivity index (χ2n) is 9.74. The molecule has 1 amide bonds. The van der Waals surface area contributed by atoms with Gasteiger partial charge in [0, 0.05) is 36.3 Å². The Morgan fingerprint density at radius 2 is 1.34 bits per heavy atom. The van der Waals surface area contributed by atoms with Gasteiger partial charge in [-0.25, -0.2) is 0 Å². The summed E-state index contributed by atoms with van der Waals surface area (Å²) in [5.74, 6) is 0.0728. The van der Waals surface area contributed by atoms with Crippen molar-refractivity contribution in [2.45, 2.75) is 108 Å². The predicted octanol–water partition coefficient (Wildman–Crippen LogP) is 4.64. The van der Waals surface area contributed by atoms with Gasteiger partial charge in [-0.05, 0) is 50.2 Å². The van der Waals surface area contributed by atoms with Crippen molar-refractivity contribution in [2.75, 3.05) is 4.90 Å². The molecule has 1 unspecified atom stereocenters. The maximum atomic E-state index is 13.1. The molecule has 0 aromatic heterocycles. The molecule has 2 saturated heterocycles. The lowest BCUT2D eigenvalue weighted by Crippen LogP contribution is -2.55. The number of para-hydroxylation sites is 1. The van der Waals surface area contributed by atoms with Crippen molar-refractivity contribution in [1.82, 2.24) is 4.90 Å². The summed E-state index contributed by atoms with van der Waals surface area (Å²) in [6.45, 7) is 0. The van der Waals surface area contributed by atoms with Crippen LogP contribution in [0.1, 0.15) is 82.6 Å². The minimum absolute atomic E-state index is 0.0174. The average molecular weight is 395 g/mol. The zero-order valence-corrected chi connectivity index (χ0v) is 17.5. The highest BCUT2D eigenvalue weighted by molar-refractivity contribution is 6.09. The molecule has 3 aliphatic heterocycles. The summed E-state index contributed by atoms with van der Waals surface area (Å²) in [5.41, 5.74) is 2.02. The van der Waals surface area contributed by atoms with Gasteiger partial charge >= 0.3 is 0 Å². The second-order valence-corrected chi connectivity index (χ2v) is 9.74. The molecule has 4 nitrogen and oxygen atoms in total. The Kier molecular flexibility index (Phi) is 5.47. The fourth-order valence-electron chi connectivity index (χ4n) is 6.68. The van der Waals surface area contributed by atoms with Crippen LogP contribution < -0.4 is 4.90 Å². The lowest BCUT2D eigenvalue weighted by Gasteiger charge is -2.47. The molecule has 29 heavy (non-hydrogen) atoms. The first-order valence-corrected chi connectivity index (χ1v) is 11.9. The van der Waals surface area contributed by atoms with Gasteiger partial charge in [0.1, 0.15) is 5.78 Å². The second kappa shape index (κ2) is 8.22. The monoisotopic (exact) mass is 394 g/mol. The molecule has 4 heteroatoms. The van der Waals surface area contributed by atoms with Gasteiger partial charge in [0.2, 0.25) is 5.91 Å². The number of nitrogens with zero attached hydrogens (tertiary/aromatic N) is 2. The van der Waals surface area contributed by atoms with Crippen LogP contribution in [-0.4, -0.2) is 40.8 Å². The summed E-state index contributed by atoms with van der Waals surface area (Å²) in [6, 6.07) is 10.3. The first-order valence-electron chi connectivity index (χ1n) is 11.9. The van der Waals surface area contributed by atoms with E-state index in [0.717, 1.165) is 30.1 Å². The molecule has 0 spiro atoms. The molecule has 0 N–H and O–H groups in total. The fourth-order valence-corrected chi connectivity index (χ4v) is 6.68. The number of ketones is 1. The van der Waals surface area contributed by atoms with Gasteiger partial charge in [0.05, 0.1) is 6.42 Å². The van der Waals surface area contributed by atoms with Crippen molar-refractivity contribution in [3.05, 3.63) is 29.8 Å². The minimum atomic E-state index is 0.0174. The van der Waals surface area contributed by atoms with Gasteiger partial charge in [-0.3, -0.25) is 14.5 Å². The third-order valence-electron chi connectivity index (χ3n) is 7.88. The average Bonchev–Trinajstić information content (AvgIpc) is 2.86. The molecular weight excluding hydrogens is 360 g/mol. The molecule has 1 aromatic rings. The zero-order valence-electron chi connectivity index (χ0n) is 17.5. The Balaban J connectivity index is 1.38. The zero-order chi connectivity index (χ0) is 19.8. The Bertz CT molecular complexity index is 754. The number of hydrogen-bond donors (Lipinski definition) is 0. The summed E-state index contributed by atoms with van der Waals surface area (Å²) < 4.78 is 0. The van der Waals surface area contributed by atoms with Gasteiger partial charge in [-0.1, -0.05) is 50.3 Å². The minimum Gasteiger partial charge on any atom is -0.309 e. The van der Waals surface area contributed by atoms with Crippen LogP contribution in [0.2, 0.25) is 0 Å². The quantitative estimate of drug-likeness (QED) is 0.686. The molecule has 0 radical (unpaired) electrons. The van der Waals surface area contributed by atoms with Gasteiger partial charge < -0.3 is 4.90 Å². The van der Waals surface area contributed by atoms with E-state index in [4.69, 9.17) is 0 Å². The van der Waals surface area contributed by atoms with Crippen LogP contribution in [0.3, 0.4) is 0 Å². The van der Waals surface area contributed by atoms with Crippen LogP contribution in [0.5, 0.6) is 0 Å². The molecule has 1 saturated carbocycles. The number of fused-ring (bicyclic) bond motifs is 3. The number of carbonyl (C=O) groups excluding carboxylic acids is 2. The van der Waals surface area contributed by atoms with Crippen LogP contribution in [0.15, 0.2) is 24.3 Å². The standard InChI is InChI=1S/C25H34N2O2/c28-23-14-18-8-6-7-11-24(18)27(25(29)17-23)22-15-20-12-13-21(16-22)26(20)19-9-4-2-1-3-5-10-19/h6-8,11,19-22H,1-5,9-10,12-17H2/t20-,21+,22?. The summed E-state index contributed by atoms with van der Waals surface area (Å²) >= 11 is 0. The molecule has 3 atom stereocenters. The van der Waals surface area contributed by atoms with Gasteiger partial charge in [0.25, 0.3) is 0 Å². The van der Waals surface area contributed by atoms with E-state index in [9.17, 15) is 9.59 Å². The SMILES string of the molecule is O=C1CC(=O)N(C2C[C@H]3CC[C@@H](C2)N3C2CCCCCCC2)c2ccccc2C1. The van der Waals surface area contributed by atoms with Gasteiger partial charge in [-0.15, -0.1) is 0 Å². The normalized spacial score (nSPS) is 31.9. The maximum Gasteiger partial charge on any atom is 0.234 e. The molecule has 156 valence electrons. The molecule has 2 bridgehead atoms. The van der Waals surface area contributed by atoms with E-state index in [-0.39, 0.29) is 24.2 Å². The highest BCUT2D eigenvalue weighted by atomic mass is 16.2. The number of piperidine rings is 1. The fraction of sp³-hybridized carbons (Fsp3) is 0.680.